The lowest BCUT2D eigenvalue weighted by Crippen LogP contribution is -2.03. The average molecular weight is 269 g/mol. The summed E-state index contributed by atoms with van der Waals surface area (Å²) in [6.45, 7) is 1.97. The maximum atomic E-state index is 6.07. The van der Waals surface area contributed by atoms with Gasteiger partial charge in [-0.1, -0.05) is 18.6 Å². The molecule has 1 aromatic heterocycles. The van der Waals surface area contributed by atoms with E-state index in [9.17, 15) is 0 Å². The Kier molecular flexibility index (Phi) is 3.54. The molecule has 0 fully saturated rings. The highest BCUT2D eigenvalue weighted by atomic mass is 16.5. The van der Waals surface area contributed by atoms with Gasteiger partial charge >= 0.3 is 0 Å². The highest BCUT2D eigenvalue weighted by Crippen LogP contribution is 2.32. The van der Waals surface area contributed by atoms with Gasteiger partial charge in [0.25, 0.3) is 0 Å². The summed E-state index contributed by atoms with van der Waals surface area (Å²) in [6.07, 6.45) is 7.18. The summed E-state index contributed by atoms with van der Waals surface area (Å²) in [4.78, 5) is 8.71. The second-order valence-corrected chi connectivity index (χ2v) is 5.25. The third kappa shape index (κ3) is 2.46. The Morgan fingerprint density at radius 1 is 1.10 bits per heavy atom. The minimum atomic E-state index is 0.661. The lowest BCUT2D eigenvalue weighted by molar-refractivity contribution is 0.454. The van der Waals surface area contributed by atoms with Crippen molar-refractivity contribution in [1.29, 1.82) is 0 Å². The maximum absolute atomic E-state index is 6.07. The van der Waals surface area contributed by atoms with Crippen LogP contribution in [0.5, 0.6) is 11.6 Å². The molecule has 0 unspecified atom stereocenters. The number of benzene rings is 1. The predicted molar refractivity (Wildman–Crippen MR) is 79.0 cm³/mol. The van der Waals surface area contributed by atoms with Crippen molar-refractivity contribution >= 4 is 5.69 Å². The fraction of sp³-hybridized carbons (Fsp3) is 0.375. The first-order chi connectivity index (χ1) is 9.75. The smallest absolute Gasteiger partial charge is 0.225 e. The third-order valence-electron chi connectivity index (χ3n) is 3.83. The van der Waals surface area contributed by atoms with E-state index in [1.54, 1.807) is 6.33 Å². The zero-order chi connectivity index (χ0) is 13.9. The Morgan fingerprint density at radius 3 is 2.85 bits per heavy atom. The zero-order valence-electron chi connectivity index (χ0n) is 11.7. The van der Waals surface area contributed by atoms with Gasteiger partial charge in [-0.25, -0.2) is 9.97 Å². The zero-order valence-corrected chi connectivity index (χ0v) is 11.7. The monoisotopic (exact) mass is 269 g/mol. The van der Waals surface area contributed by atoms with E-state index in [1.165, 1.54) is 19.3 Å². The summed E-state index contributed by atoms with van der Waals surface area (Å²) in [5.74, 6) is 1.34. The molecule has 2 N–H and O–H groups in total. The van der Waals surface area contributed by atoms with Gasteiger partial charge in [0.15, 0.2) is 5.75 Å². The highest BCUT2D eigenvalue weighted by molar-refractivity contribution is 5.59. The molecule has 0 spiro atoms. The van der Waals surface area contributed by atoms with Crippen molar-refractivity contribution in [3.8, 4) is 11.6 Å². The minimum Gasteiger partial charge on any atom is -0.436 e. The molecule has 4 nitrogen and oxygen atoms in total. The van der Waals surface area contributed by atoms with E-state index in [4.69, 9.17) is 10.5 Å². The second-order valence-electron chi connectivity index (χ2n) is 5.25. The molecule has 0 radical (unpaired) electrons. The van der Waals surface area contributed by atoms with Gasteiger partial charge in [-0.05, 0) is 44.2 Å². The van der Waals surface area contributed by atoms with Crippen LogP contribution in [0.25, 0.3) is 0 Å². The molecule has 3 rings (SSSR count). The molecule has 1 aliphatic carbocycles. The molecular weight excluding hydrogens is 250 g/mol. The Labute approximate surface area is 119 Å². The molecule has 1 aliphatic rings. The number of ether oxygens (including phenoxy) is 1. The van der Waals surface area contributed by atoms with E-state index >= 15 is 0 Å². The fourth-order valence-electron chi connectivity index (χ4n) is 2.60. The summed E-state index contributed by atoms with van der Waals surface area (Å²) in [7, 11) is 0. The first-order valence-electron chi connectivity index (χ1n) is 7.11. The topological polar surface area (TPSA) is 61.0 Å². The predicted octanol–water partition coefficient (Wildman–Crippen LogP) is 3.43. The van der Waals surface area contributed by atoms with Gasteiger partial charge in [-0.3, -0.25) is 0 Å². The number of fused-ring (bicyclic) bond motifs is 1. The van der Waals surface area contributed by atoms with E-state index < -0.39 is 0 Å². The standard InChI is InChI=1S/C16H19N3O/c1-11-6-5-9-14(15(11)17)20-16-12-7-3-2-4-8-13(12)18-10-19-16/h5-6,9-10H,2-4,7-8,17H2,1H3. The molecule has 104 valence electrons. The molecule has 20 heavy (non-hydrogen) atoms. The number of para-hydroxylation sites is 1. The molecule has 0 bridgehead atoms. The van der Waals surface area contributed by atoms with Crippen LogP contribution in [-0.4, -0.2) is 9.97 Å². The normalized spacial score (nSPS) is 14.4. The van der Waals surface area contributed by atoms with Crippen LogP contribution in [-0.2, 0) is 12.8 Å². The van der Waals surface area contributed by atoms with Crippen LogP contribution in [0.15, 0.2) is 24.5 Å². The van der Waals surface area contributed by atoms with Gasteiger partial charge < -0.3 is 10.5 Å². The van der Waals surface area contributed by atoms with Crippen LogP contribution in [0.3, 0.4) is 0 Å². The lowest BCUT2D eigenvalue weighted by Gasteiger charge is -2.13. The van der Waals surface area contributed by atoms with Crippen LogP contribution < -0.4 is 10.5 Å². The first-order valence-corrected chi connectivity index (χ1v) is 7.11. The van der Waals surface area contributed by atoms with E-state index in [1.807, 2.05) is 25.1 Å². The molecule has 0 saturated carbocycles. The summed E-state index contributed by atoms with van der Waals surface area (Å²) in [5, 5.41) is 0. The molecule has 1 heterocycles. The van der Waals surface area contributed by atoms with E-state index in [0.717, 1.165) is 29.7 Å². The second kappa shape index (κ2) is 5.49. The van der Waals surface area contributed by atoms with Crippen LogP contribution in [0.4, 0.5) is 5.69 Å². The fourth-order valence-corrected chi connectivity index (χ4v) is 2.60. The molecule has 0 aliphatic heterocycles. The molecule has 0 saturated heterocycles. The van der Waals surface area contributed by atoms with Crippen LogP contribution in [0, 0.1) is 6.92 Å². The van der Waals surface area contributed by atoms with Crippen molar-refractivity contribution in [2.45, 2.75) is 39.0 Å². The largest absolute Gasteiger partial charge is 0.436 e. The molecule has 2 aromatic rings. The van der Waals surface area contributed by atoms with Crippen molar-refractivity contribution < 1.29 is 4.74 Å². The molecule has 4 heteroatoms. The SMILES string of the molecule is Cc1cccc(Oc2ncnc3c2CCCCC3)c1N. The van der Waals surface area contributed by atoms with Crippen LogP contribution in [0.1, 0.15) is 36.1 Å². The Morgan fingerprint density at radius 2 is 1.95 bits per heavy atom. The van der Waals surface area contributed by atoms with E-state index in [2.05, 4.69) is 9.97 Å². The van der Waals surface area contributed by atoms with Crippen LogP contribution in [0.2, 0.25) is 0 Å². The van der Waals surface area contributed by atoms with Gasteiger partial charge in [0, 0.05) is 5.56 Å². The minimum absolute atomic E-state index is 0.661. The molecule has 0 atom stereocenters. The molecule has 0 amide bonds. The van der Waals surface area contributed by atoms with Crippen LogP contribution >= 0.6 is 0 Å². The maximum Gasteiger partial charge on any atom is 0.225 e. The quantitative estimate of drug-likeness (QED) is 0.670. The lowest BCUT2D eigenvalue weighted by atomic mass is 10.1. The van der Waals surface area contributed by atoms with Crippen molar-refractivity contribution in [2.24, 2.45) is 0 Å². The Bertz CT molecular complexity index is 625. The summed E-state index contributed by atoms with van der Waals surface area (Å²) < 4.78 is 5.97. The number of nitrogens with two attached hydrogens (primary N) is 1. The first kappa shape index (κ1) is 12.9. The third-order valence-corrected chi connectivity index (χ3v) is 3.83. The number of rotatable bonds is 2. The van der Waals surface area contributed by atoms with Gasteiger partial charge in [-0.15, -0.1) is 0 Å². The highest BCUT2D eigenvalue weighted by Gasteiger charge is 2.16. The number of anilines is 1. The number of nitrogen functional groups attached to an aromatic ring is 1. The van der Waals surface area contributed by atoms with E-state index in [0.29, 0.717) is 17.3 Å². The Balaban J connectivity index is 1.97. The Hall–Kier alpha value is -2.10. The van der Waals surface area contributed by atoms with Gasteiger partial charge in [-0.2, -0.15) is 0 Å². The summed E-state index contributed by atoms with van der Waals surface area (Å²) >= 11 is 0. The van der Waals surface area contributed by atoms with Crippen molar-refractivity contribution in [1.82, 2.24) is 9.97 Å². The number of aromatic nitrogens is 2. The van der Waals surface area contributed by atoms with E-state index in [-0.39, 0.29) is 0 Å². The number of hydrogen-bond acceptors (Lipinski definition) is 4. The van der Waals surface area contributed by atoms with Crippen molar-refractivity contribution in [3.63, 3.8) is 0 Å². The summed E-state index contributed by atoms with van der Waals surface area (Å²) in [5.41, 5.74) is 10.0. The van der Waals surface area contributed by atoms with Crippen molar-refractivity contribution in [2.75, 3.05) is 5.73 Å². The number of aryl methyl sites for hydroxylation is 2. The molecular formula is C16H19N3O. The van der Waals surface area contributed by atoms with Crippen molar-refractivity contribution in [3.05, 3.63) is 41.3 Å². The number of nitrogens with zero attached hydrogens (tertiary/aromatic N) is 2. The van der Waals surface area contributed by atoms with Gasteiger partial charge in [0.05, 0.1) is 11.4 Å². The molecule has 1 aromatic carbocycles. The number of hydrogen-bond donors (Lipinski definition) is 1. The van der Waals surface area contributed by atoms with Gasteiger partial charge in [0.2, 0.25) is 5.88 Å². The van der Waals surface area contributed by atoms with Gasteiger partial charge in [0.1, 0.15) is 6.33 Å². The average Bonchev–Trinajstić information content (AvgIpc) is 2.70. The summed E-state index contributed by atoms with van der Waals surface area (Å²) in [6, 6.07) is 5.80.